The zero-order chi connectivity index (χ0) is 27.9. The normalized spacial score (nSPS) is 11.0. The van der Waals surface area contributed by atoms with E-state index in [1.807, 2.05) is 13.0 Å². The highest BCUT2D eigenvalue weighted by Crippen LogP contribution is 2.38. The average Bonchev–Trinajstić information content (AvgIpc) is 2.94. The molecule has 4 rings (SSSR count). The number of nitrogens with zero attached hydrogens (tertiary/aromatic N) is 5. The number of nitriles is 1. The number of nitro groups is 1. The minimum atomic E-state index is -0.584. The number of ether oxygens (including phenoxy) is 2. The highest BCUT2D eigenvalue weighted by molar-refractivity contribution is 9.10. The van der Waals surface area contributed by atoms with Crippen molar-refractivity contribution in [2.75, 3.05) is 7.11 Å². The Morgan fingerprint density at radius 2 is 2.03 bits per heavy atom. The third-order valence-electron chi connectivity index (χ3n) is 5.94. The predicted octanol–water partition coefficient (Wildman–Crippen LogP) is 5.75. The molecular formula is C28H24BrN5O5. The molecule has 0 aliphatic carbocycles. The summed E-state index contributed by atoms with van der Waals surface area (Å²) < 4.78 is 13.1. The average molecular weight is 590 g/mol. The Morgan fingerprint density at radius 1 is 1.23 bits per heavy atom. The van der Waals surface area contributed by atoms with Crippen LogP contribution in [0.5, 0.6) is 11.5 Å². The van der Waals surface area contributed by atoms with Crippen LogP contribution in [0.1, 0.15) is 42.3 Å². The van der Waals surface area contributed by atoms with Gasteiger partial charge in [-0.3, -0.25) is 14.9 Å². The van der Waals surface area contributed by atoms with Crippen LogP contribution in [0.3, 0.4) is 0 Å². The zero-order valence-corrected chi connectivity index (χ0v) is 22.8. The van der Waals surface area contributed by atoms with Gasteiger partial charge in [-0.2, -0.15) is 15.0 Å². The minimum absolute atomic E-state index is 0.0666. The van der Waals surface area contributed by atoms with E-state index < -0.39 is 4.92 Å². The van der Waals surface area contributed by atoms with Gasteiger partial charge in [-0.25, -0.2) is 4.98 Å². The van der Waals surface area contributed by atoms with Gasteiger partial charge in [0.15, 0.2) is 5.75 Å². The van der Waals surface area contributed by atoms with Crippen LogP contribution in [0.4, 0.5) is 5.69 Å². The number of nitro benzene ring substituents is 1. The molecule has 198 valence electrons. The molecule has 1 heterocycles. The number of hydrogen-bond donors (Lipinski definition) is 0. The molecule has 0 spiro atoms. The number of methoxy groups -OCH3 is 1. The first-order valence-corrected chi connectivity index (χ1v) is 12.9. The number of aromatic nitrogens is 2. The quantitative estimate of drug-likeness (QED) is 0.130. The summed E-state index contributed by atoms with van der Waals surface area (Å²) in [6.07, 6.45) is 3.61. The van der Waals surface area contributed by atoms with E-state index in [1.165, 1.54) is 30.1 Å². The summed E-state index contributed by atoms with van der Waals surface area (Å²) in [7, 11) is 1.37. The van der Waals surface area contributed by atoms with Gasteiger partial charge in [-0.15, -0.1) is 0 Å². The van der Waals surface area contributed by atoms with E-state index in [2.05, 4.69) is 32.1 Å². The van der Waals surface area contributed by atoms with Crippen LogP contribution in [0.2, 0.25) is 0 Å². The van der Waals surface area contributed by atoms with Gasteiger partial charge in [0.2, 0.25) is 5.75 Å². The summed E-state index contributed by atoms with van der Waals surface area (Å²) in [6.45, 7) is 1.97. The third kappa shape index (κ3) is 6.13. The zero-order valence-electron chi connectivity index (χ0n) is 21.3. The molecule has 0 unspecified atom stereocenters. The van der Waals surface area contributed by atoms with Crippen molar-refractivity contribution in [3.63, 3.8) is 0 Å². The van der Waals surface area contributed by atoms with Crippen molar-refractivity contribution in [2.45, 2.75) is 32.8 Å². The summed E-state index contributed by atoms with van der Waals surface area (Å²) in [6, 6.07) is 17.0. The van der Waals surface area contributed by atoms with Crippen molar-refractivity contribution in [3.8, 4) is 17.6 Å². The third-order valence-corrected chi connectivity index (χ3v) is 6.43. The van der Waals surface area contributed by atoms with E-state index in [9.17, 15) is 20.2 Å². The molecule has 0 saturated carbocycles. The van der Waals surface area contributed by atoms with Crippen molar-refractivity contribution >= 4 is 38.7 Å². The molecule has 0 atom stereocenters. The van der Waals surface area contributed by atoms with Gasteiger partial charge in [0.25, 0.3) is 5.56 Å². The molecule has 11 heteroatoms. The van der Waals surface area contributed by atoms with Crippen LogP contribution in [0.15, 0.2) is 69.0 Å². The first kappa shape index (κ1) is 27.5. The largest absolute Gasteiger partial charge is 0.493 e. The molecule has 0 amide bonds. The Morgan fingerprint density at radius 3 is 2.74 bits per heavy atom. The van der Waals surface area contributed by atoms with Crippen LogP contribution in [-0.4, -0.2) is 27.9 Å². The molecule has 0 saturated heterocycles. The van der Waals surface area contributed by atoms with Gasteiger partial charge >= 0.3 is 5.69 Å². The Bertz CT molecular complexity index is 1680. The Hall–Kier alpha value is -4.56. The van der Waals surface area contributed by atoms with E-state index in [0.29, 0.717) is 39.8 Å². The number of hydrogen-bond acceptors (Lipinski definition) is 8. The molecule has 39 heavy (non-hydrogen) atoms. The van der Waals surface area contributed by atoms with Crippen LogP contribution >= 0.6 is 15.9 Å². The second kappa shape index (κ2) is 12.3. The first-order chi connectivity index (χ1) is 18.9. The lowest BCUT2D eigenvalue weighted by Gasteiger charge is -2.13. The molecule has 4 aromatic rings. The van der Waals surface area contributed by atoms with Gasteiger partial charge < -0.3 is 9.47 Å². The SMILES string of the molecule is CCCCc1nc2ccc(Br)cc2c(=O)n1N=Cc1cc(OC)c(OCc2ccccc2C#N)c([N+](=O)[O-])c1. The van der Waals surface area contributed by atoms with Gasteiger partial charge in [0.05, 0.1) is 40.8 Å². The van der Waals surface area contributed by atoms with Gasteiger partial charge in [-0.1, -0.05) is 47.5 Å². The molecule has 1 aromatic heterocycles. The Labute approximate surface area is 232 Å². The van der Waals surface area contributed by atoms with Crippen LogP contribution < -0.4 is 15.0 Å². The van der Waals surface area contributed by atoms with E-state index >= 15 is 0 Å². The van der Waals surface area contributed by atoms with Gasteiger partial charge in [0, 0.05) is 28.1 Å². The highest BCUT2D eigenvalue weighted by Gasteiger charge is 2.23. The lowest BCUT2D eigenvalue weighted by molar-refractivity contribution is -0.386. The molecule has 0 radical (unpaired) electrons. The number of unbranched alkanes of at least 4 members (excludes halogenated alkanes) is 1. The fourth-order valence-corrected chi connectivity index (χ4v) is 4.32. The number of aryl methyl sites for hydroxylation is 1. The minimum Gasteiger partial charge on any atom is -0.493 e. The molecular weight excluding hydrogens is 566 g/mol. The lowest BCUT2D eigenvalue weighted by atomic mass is 10.1. The molecule has 0 N–H and O–H groups in total. The first-order valence-electron chi connectivity index (χ1n) is 12.1. The van der Waals surface area contributed by atoms with Crippen molar-refractivity contribution in [2.24, 2.45) is 5.10 Å². The van der Waals surface area contributed by atoms with Gasteiger partial charge in [0.1, 0.15) is 12.4 Å². The van der Waals surface area contributed by atoms with Crippen molar-refractivity contribution < 1.29 is 14.4 Å². The maximum absolute atomic E-state index is 13.3. The van der Waals surface area contributed by atoms with E-state index in [0.717, 1.165) is 17.3 Å². The second-order valence-corrected chi connectivity index (χ2v) is 9.46. The number of fused-ring (bicyclic) bond motifs is 1. The topological polar surface area (TPSA) is 133 Å². The summed E-state index contributed by atoms with van der Waals surface area (Å²) >= 11 is 3.39. The van der Waals surface area contributed by atoms with E-state index in [4.69, 9.17) is 9.47 Å². The number of benzene rings is 3. The maximum Gasteiger partial charge on any atom is 0.315 e. The van der Waals surface area contributed by atoms with Crippen molar-refractivity contribution in [3.05, 3.63) is 102 Å². The second-order valence-electron chi connectivity index (χ2n) is 8.54. The Balaban J connectivity index is 1.75. The summed E-state index contributed by atoms with van der Waals surface area (Å²) in [5.74, 6) is 0.523. The fraction of sp³-hybridized carbons (Fsp3) is 0.214. The standard InChI is InChI=1S/C28H24BrN5O5/c1-3-4-9-26-32-23-11-10-21(29)14-22(23)28(35)33(26)31-16-18-12-24(34(36)37)27(25(13-18)38-2)39-17-20-8-6-5-7-19(20)15-30/h5-8,10-14,16H,3-4,9,17H2,1-2H3. The Kier molecular flexibility index (Phi) is 8.68. The number of rotatable bonds is 10. The highest BCUT2D eigenvalue weighted by atomic mass is 79.9. The van der Waals surface area contributed by atoms with E-state index in [-0.39, 0.29) is 29.4 Å². The maximum atomic E-state index is 13.3. The van der Waals surface area contributed by atoms with Crippen molar-refractivity contribution in [1.82, 2.24) is 9.66 Å². The summed E-state index contributed by atoms with van der Waals surface area (Å²) in [4.78, 5) is 29.3. The number of halogens is 1. The van der Waals surface area contributed by atoms with Gasteiger partial charge in [-0.05, 0) is 36.8 Å². The molecule has 0 aliphatic rings. The molecule has 3 aromatic carbocycles. The lowest BCUT2D eigenvalue weighted by Crippen LogP contribution is -2.22. The molecule has 0 bridgehead atoms. The predicted molar refractivity (Wildman–Crippen MR) is 150 cm³/mol. The monoisotopic (exact) mass is 589 g/mol. The fourth-order valence-electron chi connectivity index (χ4n) is 3.96. The van der Waals surface area contributed by atoms with Crippen molar-refractivity contribution in [1.29, 1.82) is 5.26 Å². The molecule has 0 aliphatic heterocycles. The summed E-state index contributed by atoms with van der Waals surface area (Å²) in [5, 5.41) is 26.1. The molecule has 0 fully saturated rings. The summed E-state index contributed by atoms with van der Waals surface area (Å²) in [5.41, 5.74) is 1.19. The molecule has 10 nitrogen and oxygen atoms in total. The van der Waals surface area contributed by atoms with Crippen LogP contribution in [0.25, 0.3) is 10.9 Å². The van der Waals surface area contributed by atoms with Crippen LogP contribution in [0, 0.1) is 21.4 Å². The smallest absolute Gasteiger partial charge is 0.315 e. The van der Waals surface area contributed by atoms with E-state index in [1.54, 1.807) is 36.4 Å². The van der Waals surface area contributed by atoms with Crippen LogP contribution in [-0.2, 0) is 13.0 Å².